The Bertz CT molecular complexity index is 439. The smallest absolute Gasteiger partial charge is 0.126 e. The number of aromatic nitrogens is 2. The zero-order valence-electron chi connectivity index (χ0n) is 7.65. The fourth-order valence-corrected chi connectivity index (χ4v) is 1.45. The van der Waals surface area contributed by atoms with Crippen LogP contribution in [0.1, 0.15) is 12.2 Å². The number of rotatable bonds is 3. The number of fused-ring (bicyclic) bond motifs is 1. The van der Waals surface area contributed by atoms with Crippen LogP contribution < -0.4 is 0 Å². The fourth-order valence-electron chi connectivity index (χ4n) is 1.45. The highest BCUT2D eigenvalue weighted by Gasteiger charge is 2.03. The average Bonchev–Trinajstić information content (AvgIpc) is 2.57. The van der Waals surface area contributed by atoms with Gasteiger partial charge in [-0.15, -0.1) is 0 Å². The Hall–Kier alpha value is -1.42. The van der Waals surface area contributed by atoms with Crippen molar-refractivity contribution in [3.05, 3.63) is 36.2 Å². The van der Waals surface area contributed by atoms with Crippen molar-refractivity contribution in [2.24, 2.45) is 0 Å². The largest absolute Gasteiger partial charge is 0.396 e. The standard InChI is InChI=1S/C10H11FN2O/c11-8-3-4-13-9(6-8)7-12-10(13)2-1-5-14/h3-4,6-7,14H,1-2,5H2. The van der Waals surface area contributed by atoms with Gasteiger partial charge in [-0.3, -0.25) is 0 Å². The van der Waals surface area contributed by atoms with Gasteiger partial charge in [0.1, 0.15) is 11.6 Å². The summed E-state index contributed by atoms with van der Waals surface area (Å²) in [6.45, 7) is 0.149. The quantitative estimate of drug-likeness (QED) is 0.801. The lowest BCUT2D eigenvalue weighted by molar-refractivity contribution is 0.287. The molecule has 0 spiro atoms. The molecular formula is C10H11FN2O. The summed E-state index contributed by atoms with van der Waals surface area (Å²) < 4.78 is 14.6. The van der Waals surface area contributed by atoms with Crippen LogP contribution in [0.25, 0.3) is 5.52 Å². The molecule has 0 unspecified atom stereocenters. The van der Waals surface area contributed by atoms with E-state index in [2.05, 4.69) is 4.98 Å². The molecule has 14 heavy (non-hydrogen) atoms. The van der Waals surface area contributed by atoms with Gasteiger partial charge in [-0.2, -0.15) is 0 Å². The molecule has 0 radical (unpaired) electrons. The zero-order valence-corrected chi connectivity index (χ0v) is 7.65. The molecule has 0 saturated heterocycles. The van der Waals surface area contributed by atoms with Gasteiger partial charge in [-0.25, -0.2) is 9.37 Å². The number of aliphatic hydroxyl groups excluding tert-OH is 1. The number of hydrogen-bond acceptors (Lipinski definition) is 2. The van der Waals surface area contributed by atoms with Crippen LogP contribution >= 0.6 is 0 Å². The summed E-state index contributed by atoms with van der Waals surface area (Å²) in [6.07, 6.45) is 4.67. The Morgan fingerprint density at radius 3 is 3.14 bits per heavy atom. The minimum absolute atomic E-state index is 0.149. The maximum atomic E-state index is 12.8. The van der Waals surface area contributed by atoms with Crippen LogP contribution in [0.4, 0.5) is 4.39 Å². The van der Waals surface area contributed by atoms with Crippen molar-refractivity contribution in [3.8, 4) is 0 Å². The SMILES string of the molecule is OCCCc1ncc2cc(F)ccn12. The maximum absolute atomic E-state index is 12.8. The van der Waals surface area contributed by atoms with Gasteiger partial charge in [0.15, 0.2) is 0 Å². The van der Waals surface area contributed by atoms with Crippen molar-refractivity contribution < 1.29 is 9.50 Å². The minimum Gasteiger partial charge on any atom is -0.396 e. The molecular weight excluding hydrogens is 183 g/mol. The Morgan fingerprint density at radius 2 is 2.36 bits per heavy atom. The van der Waals surface area contributed by atoms with E-state index in [1.807, 2.05) is 4.40 Å². The summed E-state index contributed by atoms with van der Waals surface area (Å²) in [5.74, 6) is 0.597. The van der Waals surface area contributed by atoms with Crippen LogP contribution in [0, 0.1) is 5.82 Å². The summed E-state index contributed by atoms with van der Waals surface area (Å²) in [6, 6.07) is 2.84. The molecule has 3 nitrogen and oxygen atoms in total. The highest BCUT2D eigenvalue weighted by atomic mass is 19.1. The average molecular weight is 194 g/mol. The van der Waals surface area contributed by atoms with Gasteiger partial charge in [0.05, 0.1) is 11.7 Å². The van der Waals surface area contributed by atoms with Gasteiger partial charge in [-0.1, -0.05) is 0 Å². The first-order valence-electron chi connectivity index (χ1n) is 4.53. The van der Waals surface area contributed by atoms with E-state index >= 15 is 0 Å². The molecule has 2 aromatic heterocycles. The summed E-state index contributed by atoms with van der Waals surface area (Å²) in [5, 5.41) is 8.68. The second kappa shape index (κ2) is 3.75. The number of hydrogen-bond donors (Lipinski definition) is 1. The van der Waals surface area contributed by atoms with E-state index < -0.39 is 0 Å². The topological polar surface area (TPSA) is 37.5 Å². The van der Waals surface area contributed by atoms with Crippen molar-refractivity contribution in [2.75, 3.05) is 6.61 Å². The molecule has 2 heterocycles. The van der Waals surface area contributed by atoms with Crippen LogP contribution in [-0.4, -0.2) is 21.1 Å². The molecule has 4 heteroatoms. The molecule has 0 aliphatic carbocycles. The van der Waals surface area contributed by atoms with Gasteiger partial charge in [0, 0.05) is 19.2 Å². The van der Waals surface area contributed by atoms with E-state index in [-0.39, 0.29) is 12.4 Å². The lowest BCUT2D eigenvalue weighted by atomic mass is 10.3. The van der Waals surface area contributed by atoms with Crippen molar-refractivity contribution in [1.29, 1.82) is 0 Å². The maximum Gasteiger partial charge on any atom is 0.126 e. The molecule has 0 fully saturated rings. The summed E-state index contributed by atoms with van der Waals surface area (Å²) >= 11 is 0. The lowest BCUT2D eigenvalue weighted by Crippen LogP contribution is -1.96. The number of aliphatic hydroxyl groups is 1. The molecule has 2 aromatic rings. The normalized spacial score (nSPS) is 11.0. The zero-order chi connectivity index (χ0) is 9.97. The van der Waals surface area contributed by atoms with Crippen molar-refractivity contribution in [1.82, 2.24) is 9.38 Å². The lowest BCUT2D eigenvalue weighted by Gasteiger charge is -1.99. The van der Waals surface area contributed by atoms with E-state index in [0.29, 0.717) is 12.8 Å². The van der Waals surface area contributed by atoms with Gasteiger partial charge in [-0.05, 0) is 18.6 Å². The summed E-state index contributed by atoms with van der Waals surface area (Å²) in [4.78, 5) is 4.16. The number of nitrogens with zero attached hydrogens (tertiary/aromatic N) is 2. The second-order valence-electron chi connectivity index (χ2n) is 3.14. The van der Waals surface area contributed by atoms with Crippen LogP contribution in [-0.2, 0) is 6.42 Å². The molecule has 1 N–H and O–H groups in total. The van der Waals surface area contributed by atoms with Crippen LogP contribution in [0.2, 0.25) is 0 Å². The van der Waals surface area contributed by atoms with Crippen LogP contribution in [0.15, 0.2) is 24.5 Å². The highest BCUT2D eigenvalue weighted by Crippen LogP contribution is 2.09. The molecule has 0 aromatic carbocycles. The van der Waals surface area contributed by atoms with E-state index in [4.69, 9.17) is 5.11 Å². The first-order valence-corrected chi connectivity index (χ1v) is 4.53. The molecule has 0 amide bonds. The second-order valence-corrected chi connectivity index (χ2v) is 3.14. The van der Waals surface area contributed by atoms with Crippen molar-refractivity contribution in [3.63, 3.8) is 0 Å². The molecule has 0 aliphatic heterocycles. The predicted octanol–water partition coefficient (Wildman–Crippen LogP) is 1.40. The minimum atomic E-state index is -0.258. The van der Waals surface area contributed by atoms with E-state index in [1.54, 1.807) is 12.4 Å². The Labute approximate surface area is 80.8 Å². The Morgan fingerprint density at radius 1 is 1.50 bits per heavy atom. The van der Waals surface area contributed by atoms with Crippen molar-refractivity contribution in [2.45, 2.75) is 12.8 Å². The third kappa shape index (κ3) is 1.61. The molecule has 0 atom stereocenters. The van der Waals surface area contributed by atoms with E-state index in [1.165, 1.54) is 12.1 Å². The highest BCUT2D eigenvalue weighted by molar-refractivity contribution is 5.45. The van der Waals surface area contributed by atoms with Gasteiger partial charge >= 0.3 is 0 Å². The molecule has 0 saturated carbocycles. The molecule has 74 valence electrons. The third-order valence-electron chi connectivity index (χ3n) is 2.13. The van der Waals surface area contributed by atoms with Gasteiger partial charge in [0.2, 0.25) is 0 Å². The predicted molar refractivity (Wildman–Crippen MR) is 50.6 cm³/mol. The Kier molecular flexibility index (Phi) is 2.45. The molecule has 0 aliphatic rings. The number of imidazole rings is 1. The molecule has 2 rings (SSSR count). The van der Waals surface area contributed by atoms with Crippen molar-refractivity contribution >= 4 is 5.52 Å². The first kappa shape index (κ1) is 9.15. The summed E-state index contributed by atoms with van der Waals surface area (Å²) in [5.41, 5.74) is 0.748. The monoisotopic (exact) mass is 194 g/mol. The van der Waals surface area contributed by atoms with Crippen LogP contribution in [0.3, 0.4) is 0 Å². The van der Waals surface area contributed by atoms with E-state index in [9.17, 15) is 4.39 Å². The summed E-state index contributed by atoms with van der Waals surface area (Å²) in [7, 11) is 0. The van der Waals surface area contributed by atoms with Gasteiger partial charge in [0.25, 0.3) is 0 Å². The van der Waals surface area contributed by atoms with Gasteiger partial charge < -0.3 is 9.51 Å². The first-order chi connectivity index (χ1) is 6.81. The van der Waals surface area contributed by atoms with E-state index in [0.717, 1.165) is 11.3 Å². The third-order valence-corrected chi connectivity index (χ3v) is 2.13. The fraction of sp³-hybridized carbons (Fsp3) is 0.300. The number of pyridine rings is 1. The number of halogens is 1. The Balaban J connectivity index is 2.37. The number of aryl methyl sites for hydroxylation is 1. The molecule has 0 bridgehead atoms. The van der Waals surface area contributed by atoms with Crippen LogP contribution in [0.5, 0.6) is 0 Å².